The van der Waals surface area contributed by atoms with E-state index in [0.717, 1.165) is 51.3 Å². The van der Waals surface area contributed by atoms with Crippen LogP contribution < -0.4 is 5.73 Å². The molecule has 5 heteroatoms. The minimum Gasteiger partial charge on any atom is -0.355 e. The van der Waals surface area contributed by atoms with Crippen LogP contribution in [0.1, 0.15) is 28.3 Å². The molecule has 0 amide bonds. The first kappa shape index (κ1) is 15.8. The Morgan fingerprint density at radius 1 is 0.667 bits per heavy atom. The van der Waals surface area contributed by atoms with Gasteiger partial charge in [0, 0.05) is 22.1 Å². The second kappa shape index (κ2) is 6.37. The Morgan fingerprint density at radius 2 is 1.22 bits per heavy atom. The van der Waals surface area contributed by atoms with Crippen molar-refractivity contribution in [2.75, 3.05) is 6.54 Å². The lowest BCUT2D eigenvalue weighted by Gasteiger charge is -1.93. The van der Waals surface area contributed by atoms with Gasteiger partial charge in [0.05, 0.1) is 22.8 Å². The van der Waals surface area contributed by atoms with Crippen LogP contribution in [0.3, 0.4) is 0 Å². The minimum absolute atomic E-state index is 0.605. The Morgan fingerprint density at radius 3 is 1.81 bits per heavy atom. The maximum absolute atomic E-state index is 5.80. The lowest BCUT2D eigenvalue weighted by atomic mass is 10.2. The van der Waals surface area contributed by atoms with Crippen LogP contribution in [-0.2, 0) is 6.42 Å². The van der Waals surface area contributed by atoms with Gasteiger partial charge < -0.3 is 15.7 Å². The smallest absolute Gasteiger partial charge is 0.0658 e. The van der Waals surface area contributed by atoms with E-state index < -0.39 is 0 Å². The van der Waals surface area contributed by atoms with Gasteiger partial charge in [0.2, 0.25) is 0 Å². The molecular weight excluding hydrogens is 334 g/mol. The highest BCUT2D eigenvalue weighted by atomic mass is 14.8. The first-order chi connectivity index (χ1) is 13.2. The molecule has 27 heavy (non-hydrogen) atoms. The molecule has 2 aliphatic heterocycles. The molecule has 0 fully saturated rings. The zero-order valence-electron chi connectivity index (χ0n) is 14.7. The van der Waals surface area contributed by atoms with E-state index in [2.05, 4.69) is 33.2 Å². The van der Waals surface area contributed by atoms with Crippen molar-refractivity contribution in [3.63, 3.8) is 0 Å². The van der Waals surface area contributed by atoms with Crippen molar-refractivity contribution in [1.82, 2.24) is 19.9 Å². The predicted molar refractivity (Wildman–Crippen MR) is 112 cm³/mol. The number of aromatic amines is 2. The number of rotatable bonds is 2. The van der Waals surface area contributed by atoms with Crippen LogP contribution >= 0.6 is 0 Å². The summed E-state index contributed by atoms with van der Waals surface area (Å²) >= 11 is 0. The first-order valence-electron chi connectivity index (χ1n) is 9.03. The number of hydrogen-bond acceptors (Lipinski definition) is 3. The molecule has 5 nitrogen and oxygen atoms in total. The second-order valence-corrected chi connectivity index (χ2v) is 6.74. The fourth-order valence-electron chi connectivity index (χ4n) is 3.44. The van der Waals surface area contributed by atoms with Crippen LogP contribution in [0.5, 0.6) is 0 Å². The minimum atomic E-state index is 0.605. The third-order valence-electron chi connectivity index (χ3n) is 4.67. The van der Waals surface area contributed by atoms with Crippen LogP contribution in [0.15, 0.2) is 42.5 Å². The third kappa shape index (κ3) is 3.20. The summed E-state index contributed by atoms with van der Waals surface area (Å²) in [5.74, 6) is 0. The largest absolute Gasteiger partial charge is 0.355 e. The van der Waals surface area contributed by atoms with Gasteiger partial charge in [-0.3, -0.25) is 0 Å². The molecule has 3 aromatic heterocycles. The summed E-state index contributed by atoms with van der Waals surface area (Å²) in [7, 11) is 0. The summed E-state index contributed by atoms with van der Waals surface area (Å²) in [6.45, 7) is 0.605. The van der Waals surface area contributed by atoms with Gasteiger partial charge in [-0.05, 0) is 85.3 Å². The van der Waals surface area contributed by atoms with Crippen LogP contribution in [-0.4, -0.2) is 26.5 Å². The Kier molecular flexibility index (Phi) is 3.73. The Labute approximate surface area is 156 Å². The van der Waals surface area contributed by atoms with Gasteiger partial charge in [-0.15, -0.1) is 0 Å². The maximum Gasteiger partial charge on any atom is 0.0658 e. The van der Waals surface area contributed by atoms with E-state index in [0.29, 0.717) is 6.54 Å². The van der Waals surface area contributed by atoms with Crippen LogP contribution in [0.25, 0.3) is 46.4 Å². The molecule has 5 heterocycles. The SMILES string of the molecule is NCCc1cc2cc3nc(cc4ccc(cc5nc(cc1[nH]2)C=C5)[nH]4)C=C3. The molecule has 0 saturated carbocycles. The highest BCUT2D eigenvalue weighted by molar-refractivity contribution is 5.78. The average molecular weight is 353 g/mol. The van der Waals surface area contributed by atoms with Gasteiger partial charge in [0.25, 0.3) is 0 Å². The van der Waals surface area contributed by atoms with Crippen LogP contribution in [0.2, 0.25) is 0 Å². The lowest BCUT2D eigenvalue weighted by molar-refractivity contribution is 0.979. The van der Waals surface area contributed by atoms with Gasteiger partial charge in [-0.1, -0.05) is 0 Å². The molecule has 8 bridgehead atoms. The van der Waals surface area contributed by atoms with Crippen molar-refractivity contribution < 1.29 is 0 Å². The summed E-state index contributed by atoms with van der Waals surface area (Å²) in [5, 5.41) is 0. The molecule has 2 aliphatic rings. The number of nitrogens with two attached hydrogens (primary N) is 1. The molecule has 0 aromatic carbocycles. The molecule has 0 spiro atoms. The summed E-state index contributed by atoms with van der Waals surface area (Å²) in [6.07, 6.45) is 8.92. The number of hydrogen-bond donors (Lipinski definition) is 3. The third-order valence-corrected chi connectivity index (χ3v) is 4.67. The van der Waals surface area contributed by atoms with Crippen molar-refractivity contribution in [3.8, 4) is 0 Å². The van der Waals surface area contributed by atoms with E-state index in [1.54, 1.807) is 0 Å². The standard InChI is InChI=1S/C22H19N5/c23-8-7-14-9-21-12-19-4-3-17(25-19)10-15-1-2-16(24-15)11-18-5-6-20(26-18)13-22(14)27-21/h1-6,9-13,24,27H,7-8,23H2. The Balaban J connectivity index is 1.83. The molecule has 4 N–H and O–H groups in total. The highest BCUT2D eigenvalue weighted by Crippen LogP contribution is 2.19. The number of fused-ring (bicyclic) bond motifs is 8. The molecule has 0 atom stereocenters. The Hall–Kier alpha value is -3.44. The molecule has 5 rings (SSSR count). The van der Waals surface area contributed by atoms with Crippen LogP contribution in [0, 0.1) is 0 Å². The van der Waals surface area contributed by atoms with Crippen molar-refractivity contribution >= 4 is 46.4 Å². The average Bonchev–Trinajstić information content (AvgIpc) is 3.41. The monoisotopic (exact) mass is 353 g/mol. The molecule has 0 saturated heterocycles. The normalized spacial score (nSPS) is 12.6. The molecule has 132 valence electrons. The molecule has 3 aromatic rings. The van der Waals surface area contributed by atoms with Crippen LogP contribution in [0.4, 0.5) is 0 Å². The van der Waals surface area contributed by atoms with Gasteiger partial charge >= 0.3 is 0 Å². The van der Waals surface area contributed by atoms with Gasteiger partial charge in [0.15, 0.2) is 0 Å². The van der Waals surface area contributed by atoms with Crippen molar-refractivity contribution in [2.24, 2.45) is 5.73 Å². The van der Waals surface area contributed by atoms with E-state index in [4.69, 9.17) is 10.7 Å². The summed E-state index contributed by atoms with van der Waals surface area (Å²) in [4.78, 5) is 16.3. The van der Waals surface area contributed by atoms with E-state index in [9.17, 15) is 0 Å². The predicted octanol–water partition coefficient (Wildman–Crippen LogP) is 4.16. The summed E-state index contributed by atoms with van der Waals surface area (Å²) in [6, 6.07) is 14.4. The molecule has 0 radical (unpaired) electrons. The second-order valence-electron chi connectivity index (χ2n) is 6.74. The van der Waals surface area contributed by atoms with Gasteiger partial charge in [0.1, 0.15) is 0 Å². The van der Waals surface area contributed by atoms with Gasteiger partial charge in [-0.2, -0.15) is 0 Å². The fraction of sp³-hybridized carbons (Fsp3) is 0.0909. The summed E-state index contributed by atoms with van der Waals surface area (Å²) < 4.78 is 0. The van der Waals surface area contributed by atoms with E-state index >= 15 is 0 Å². The lowest BCUT2D eigenvalue weighted by Crippen LogP contribution is -2.01. The molecule has 0 unspecified atom stereocenters. The topological polar surface area (TPSA) is 83.4 Å². The van der Waals surface area contributed by atoms with E-state index in [1.165, 1.54) is 5.56 Å². The molecular formula is C22H19N5. The number of nitrogens with zero attached hydrogens (tertiary/aromatic N) is 2. The van der Waals surface area contributed by atoms with Crippen molar-refractivity contribution in [3.05, 3.63) is 70.8 Å². The number of aromatic nitrogens is 4. The van der Waals surface area contributed by atoms with Gasteiger partial charge in [-0.25, -0.2) is 9.97 Å². The maximum atomic E-state index is 5.80. The summed E-state index contributed by atoms with van der Waals surface area (Å²) in [5.41, 5.74) is 14.8. The van der Waals surface area contributed by atoms with E-state index in [1.807, 2.05) is 48.6 Å². The zero-order chi connectivity index (χ0) is 18.2. The van der Waals surface area contributed by atoms with Crippen molar-refractivity contribution in [2.45, 2.75) is 6.42 Å². The Bertz CT molecular complexity index is 1240. The first-order valence-corrected chi connectivity index (χ1v) is 9.03. The zero-order valence-corrected chi connectivity index (χ0v) is 14.7. The quantitative estimate of drug-likeness (QED) is 0.446. The number of H-pyrrole nitrogens is 2. The highest BCUT2D eigenvalue weighted by Gasteiger charge is 2.04. The molecule has 0 aliphatic carbocycles. The van der Waals surface area contributed by atoms with E-state index in [-0.39, 0.29) is 0 Å². The van der Waals surface area contributed by atoms with Crippen molar-refractivity contribution in [1.29, 1.82) is 0 Å². The number of nitrogens with one attached hydrogen (secondary N) is 2. The fourth-order valence-corrected chi connectivity index (χ4v) is 3.44.